The van der Waals surface area contributed by atoms with E-state index < -0.39 is 6.29 Å². The highest BCUT2D eigenvalue weighted by Crippen LogP contribution is 2.40. The number of carbonyl (C=O) groups excluding carboxylic acids is 3. The molecule has 1 saturated heterocycles. The molecular weight excluding hydrogens is 737 g/mol. The molecule has 1 fully saturated rings. The first-order valence-electron chi connectivity index (χ1n) is 19.3. The number of rotatable bonds is 17. The lowest BCUT2D eigenvalue weighted by Gasteiger charge is -2.36. The molecule has 0 bridgehead atoms. The van der Waals surface area contributed by atoms with E-state index >= 15 is 0 Å². The second-order valence-corrected chi connectivity index (χ2v) is 15.2. The van der Waals surface area contributed by atoms with E-state index in [0.717, 1.165) is 50.4 Å². The van der Waals surface area contributed by atoms with E-state index in [1.54, 1.807) is 23.9 Å². The third kappa shape index (κ3) is 12.3. The van der Waals surface area contributed by atoms with Gasteiger partial charge in [0, 0.05) is 54.6 Å². The first kappa shape index (κ1) is 41.2. The number of para-hydroxylation sites is 2. The Bertz CT molecular complexity index is 2090. The highest BCUT2D eigenvalue weighted by Gasteiger charge is 2.32. The average molecular weight is 787 g/mol. The Morgan fingerprint density at radius 1 is 0.754 bits per heavy atom. The van der Waals surface area contributed by atoms with Crippen LogP contribution in [-0.4, -0.2) is 34.7 Å². The molecule has 0 spiro atoms. The van der Waals surface area contributed by atoms with E-state index in [2.05, 4.69) is 34.1 Å². The third-order valence-electron chi connectivity index (χ3n) is 9.76. The SMILES string of the molecule is CC(=O)Nc1ccc(SCC2CC(c3ccc(CO)cc3)OC(c3ccc(-c4ccccc4CNC(=O)CCCCCC(=O)Nc4ccccc4N)cc3)O2)cc1. The van der Waals surface area contributed by atoms with Gasteiger partial charge in [-0.2, -0.15) is 0 Å². The Balaban J connectivity index is 1.03. The van der Waals surface area contributed by atoms with Crippen LogP contribution in [0.3, 0.4) is 0 Å². The first-order chi connectivity index (χ1) is 27.7. The highest BCUT2D eigenvalue weighted by molar-refractivity contribution is 7.99. The number of aliphatic hydroxyl groups is 1. The fraction of sp³-hybridized carbons (Fsp3) is 0.283. The van der Waals surface area contributed by atoms with E-state index in [1.165, 1.54) is 6.92 Å². The Hall–Kier alpha value is -5.46. The molecule has 10 nitrogen and oxygen atoms in total. The predicted molar refractivity (Wildman–Crippen MR) is 226 cm³/mol. The van der Waals surface area contributed by atoms with Gasteiger partial charge >= 0.3 is 0 Å². The van der Waals surface area contributed by atoms with Gasteiger partial charge in [-0.15, -0.1) is 11.8 Å². The van der Waals surface area contributed by atoms with Crippen molar-refractivity contribution in [2.45, 2.75) is 82.0 Å². The lowest BCUT2D eigenvalue weighted by atomic mass is 9.97. The van der Waals surface area contributed by atoms with E-state index in [0.29, 0.717) is 55.8 Å². The number of nitrogen functional groups attached to an aromatic ring is 1. The van der Waals surface area contributed by atoms with Crippen molar-refractivity contribution in [2.24, 2.45) is 0 Å². The molecule has 3 amide bonds. The molecule has 3 atom stereocenters. The number of thioether (sulfide) groups is 1. The van der Waals surface area contributed by atoms with Gasteiger partial charge in [0.15, 0.2) is 6.29 Å². The average Bonchev–Trinajstić information content (AvgIpc) is 3.23. The molecule has 0 aromatic heterocycles. The van der Waals surface area contributed by atoms with Crippen molar-refractivity contribution in [1.29, 1.82) is 0 Å². The van der Waals surface area contributed by atoms with Crippen LogP contribution in [0.25, 0.3) is 11.1 Å². The summed E-state index contributed by atoms with van der Waals surface area (Å²) in [6, 6.07) is 39.1. The molecule has 296 valence electrons. The van der Waals surface area contributed by atoms with E-state index in [9.17, 15) is 19.5 Å². The standard InChI is InChI=1S/C46H50N4O6S/c1-31(52)49-37-23-25-39(26-24-37)57-30-38-27-43(34-17-15-32(29-51)16-18-34)56-46(55-38)35-21-19-33(20-22-35)40-10-6-5-9-36(40)28-48-44(53)13-3-2-4-14-45(54)50-42-12-8-7-11-41(42)47/h5-12,15-26,38,43,46,51H,2-4,13-14,27-30,47H2,1H3,(H,48,53)(H,49,52)(H,50,54). The molecule has 11 heteroatoms. The lowest BCUT2D eigenvalue weighted by Crippen LogP contribution is -2.31. The van der Waals surface area contributed by atoms with Crippen LogP contribution in [0.2, 0.25) is 0 Å². The molecule has 6 N–H and O–H groups in total. The summed E-state index contributed by atoms with van der Waals surface area (Å²) in [7, 11) is 0. The van der Waals surface area contributed by atoms with Crippen molar-refractivity contribution in [3.05, 3.63) is 144 Å². The Morgan fingerprint density at radius 3 is 2.16 bits per heavy atom. The largest absolute Gasteiger partial charge is 0.397 e. The van der Waals surface area contributed by atoms with Crippen LogP contribution in [0.15, 0.2) is 126 Å². The van der Waals surface area contributed by atoms with Gasteiger partial charge in [0.2, 0.25) is 17.7 Å². The summed E-state index contributed by atoms with van der Waals surface area (Å²) in [5, 5.41) is 18.3. The molecule has 5 aromatic carbocycles. The normalized spacial score (nSPS) is 16.4. The number of aliphatic hydroxyl groups excluding tert-OH is 1. The summed E-state index contributed by atoms with van der Waals surface area (Å²) in [6.07, 6.45) is 2.70. The molecule has 6 rings (SSSR count). The molecule has 57 heavy (non-hydrogen) atoms. The first-order valence-corrected chi connectivity index (χ1v) is 20.3. The van der Waals surface area contributed by atoms with Crippen LogP contribution in [0.1, 0.15) is 80.1 Å². The minimum atomic E-state index is -0.588. The number of hydrogen-bond acceptors (Lipinski definition) is 8. The molecule has 0 radical (unpaired) electrons. The summed E-state index contributed by atoms with van der Waals surface area (Å²) in [4.78, 5) is 37.6. The van der Waals surface area contributed by atoms with Crippen molar-refractivity contribution >= 4 is 46.5 Å². The van der Waals surface area contributed by atoms with Gasteiger partial charge in [-0.25, -0.2) is 0 Å². The van der Waals surface area contributed by atoms with Crippen LogP contribution in [0, 0.1) is 0 Å². The summed E-state index contributed by atoms with van der Waals surface area (Å²) in [5.41, 5.74) is 13.6. The molecule has 5 aromatic rings. The number of hydrogen-bond donors (Lipinski definition) is 5. The van der Waals surface area contributed by atoms with Gasteiger partial charge in [0.25, 0.3) is 0 Å². The zero-order chi connectivity index (χ0) is 40.0. The molecule has 3 unspecified atom stereocenters. The van der Waals surface area contributed by atoms with Crippen molar-refractivity contribution in [1.82, 2.24) is 5.32 Å². The Kier molecular flexibility index (Phi) is 14.9. The molecule has 0 saturated carbocycles. The van der Waals surface area contributed by atoms with Crippen molar-refractivity contribution in [3.63, 3.8) is 0 Å². The van der Waals surface area contributed by atoms with Crippen LogP contribution in [-0.2, 0) is 37.0 Å². The maximum absolute atomic E-state index is 12.8. The van der Waals surface area contributed by atoms with Crippen molar-refractivity contribution in [2.75, 3.05) is 22.1 Å². The molecule has 1 aliphatic rings. The Morgan fingerprint density at radius 2 is 1.44 bits per heavy atom. The summed E-state index contributed by atoms with van der Waals surface area (Å²) in [6.45, 7) is 1.88. The highest BCUT2D eigenvalue weighted by atomic mass is 32.2. The van der Waals surface area contributed by atoms with Gasteiger partial charge in [-0.3, -0.25) is 14.4 Å². The number of nitrogens with two attached hydrogens (primary N) is 1. The quantitative estimate of drug-likeness (QED) is 0.0356. The van der Waals surface area contributed by atoms with Gasteiger partial charge < -0.3 is 36.3 Å². The number of amides is 3. The van der Waals surface area contributed by atoms with Crippen LogP contribution in [0.5, 0.6) is 0 Å². The third-order valence-corrected chi connectivity index (χ3v) is 10.9. The van der Waals surface area contributed by atoms with Gasteiger partial charge in [0.1, 0.15) is 0 Å². The summed E-state index contributed by atoms with van der Waals surface area (Å²) < 4.78 is 13.2. The molecule has 0 aliphatic carbocycles. The maximum atomic E-state index is 12.8. The predicted octanol–water partition coefficient (Wildman–Crippen LogP) is 8.93. The number of anilines is 3. The van der Waals surface area contributed by atoms with E-state index in [-0.39, 0.29) is 36.5 Å². The smallest absolute Gasteiger partial charge is 0.224 e. The summed E-state index contributed by atoms with van der Waals surface area (Å²) in [5.74, 6) is 0.497. The van der Waals surface area contributed by atoms with E-state index in [4.69, 9.17) is 15.2 Å². The monoisotopic (exact) mass is 786 g/mol. The fourth-order valence-electron chi connectivity index (χ4n) is 6.68. The molecule has 1 aliphatic heterocycles. The Labute approximate surface area is 338 Å². The minimum Gasteiger partial charge on any atom is -0.397 e. The van der Waals surface area contributed by atoms with Crippen LogP contribution < -0.4 is 21.7 Å². The topological polar surface area (TPSA) is 152 Å². The molecule has 1 heterocycles. The second-order valence-electron chi connectivity index (χ2n) is 14.1. The maximum Gasteiger partial charge on any atom is 0.224 e. The van der Waals surface area contributed by atoms with E-state index in [1.807, 2.05) is 91.0 Å². The molecular formula is C46H50N4O6S. The van der Waals surface area contributed by atoms with Gasteiger partial charge in [0.05, 0.1) is 30.2 Å². The number of unbranched alkanes of at least 4 members (excludes halogenated alkanes) is 2. The zero-order valence-electron chi connectivity index (χ0n) is 32.1. The van der Waals surface area contributed by atoms with Gasteiger partial charge in [-0.05, 0) is 77.1 Å². The lowest BCUT2D eigenvalue weighted by molar-refractivity contribution is -0.245. The van der Waals surface area contributed by atoms with Crippen molar-refractivity contribution < 1.29 is 29.0 Å². The van der Waals surface area contributed by atoms with Crippen molar-refractivity contribution in [3.8, 4) is 11.1 Å². The number of nitrogens with one attached hydrogen (secondary N) is 3. The van der Waals surface area contributed by atoms with Crippen LogP contribution in [0.4, 0.5) is 17.1 Å². The number of carbonyl (C=O) groups is 3. The second kappa shape index (κ2) is 20.6. The zero-order valence-corrected chi connectivity index (χ0v) is 32.9. The summed E-state index contributed by atoms with van der Waals surface area (Å²) >= 11 is 1.70. The van der Waals surface area contributed by atoms with Gasteiger partial charge in [-0.1, -0.05) is 91.3 Å². The van der Waals surface area contributed by atoms with Crippen LogP contribution >= 0.6 is 11.8 Å². The minimum absolute atomic E-state index is 0.0189. The number of benzene rings is 5. The number of ether oxygens (including phenoxy) is 2. The fourth-order valence-corrected chi connectivity index (χ4v) is 7.60.